The number of hydrogen-bond acceptors (Lipinski definition) is 6. The van der Waals surface area contributed by atoms with Crippen molar-refractivity contribution in [3.8, 4) is 0 Å². The second-order valence-corrected chi connectivity index (χ2v) is 8.05. The summed E-state index contributed by atoms with van der Waals surface area (Å²) in [5.41, 5.74) is 0. The first-order valence-electron chi connectivity index (χ1n) is 7.59. The van der Waals surface area contributed by atoms with Crippen LogP contribution in [0.1, 0.15) is 14.6 Å². The molecule has 0 atom stereocenters. The fourth-order valence-corrected chi connectivity index (χ4v) is 3.77. The number of aliphatic carboxylic acids is 3. The van der Waals surface area contributed by atoms with Gasteiger partial charge in [-0.15, -0.1) is 34.0 Å². The Bertz CT molecular complexity index is 689. The van der Waals surface area contributed by atoms with E-state index in [1.165, 1.54) is 34.0 Å². The standard InChI is InChI=1S/3C6H6O2S.Ho/c3*7-6(8)4-5-2-1-3-9-5;/h3*1-3H,4H2,(H,7,8);. The van der Waals surface area contributed by atoms with Gasteiger partial charge in [0.05, 0.1) is 19.3 Å². The van der Waals surface area contributed by atoms with Crippen LogP contribution in [0.25, 0.3) is 0 Å². The maximum Gasteiger partial charge on any atom is 0.308 e. The van der Waals surface area contributed by atoms with Crippen LogP contribution in [0.3, 0.4) is 0 Å². The Balaban J connectivity index is 0.000000384. The first-order valence-corrected chi connectivity index (χ1v) is 10.2. The third-order valence-corrected chi connectivity index (χ3v) is 5.35. The van der Waals surface area contributed by atoms with Gasteiger partial charge in [-0.1, -0.05) is 18.2 Å². The van der Waals surface area contributed by atoms with Crippen LogP contribution in [0.2, 0.25) is 0 Å². The molecule has 3 heterocycles. The summed E-state index contributed by atoms with van der Waals surface area (Å²) in [6.07, 6.45) is 0.451. The van der Waals surface area contributed by atoms with Gasteiger partial charge >= 0.3 is 17.9 Å². The van der Waals surface area contributed by atoms with Crippen LogP contribution in [0.15, 0.2) is 52.5 Å². The summed E-state index contributed by atoms with van der Waals surface area (Å²) in [7, 11) is 0. The molecule has 1 radical (unpaired) electrons. The van der Waals surface area contributed by atoms with E-state index in [-0.39, 0.29) is 57.0 Å². The Morgan fingerprint density at radius 1 is 0.607 bits per heavy atom. The Morgan fingerprint density at radius 3 is 1.00 bits per heavy atom. The molecule has 3 aromatic rings. The van der Waals surface area contributed by atoms with Gasteiger partial charge < -0.3 is 15.3 Å². The molecule has 6 nitrogen and oxygen atoms in total. The Labute approximate surface area is 204 Å². The third kappa shape index (κ3) is 13.9. The molecule has 0 fully saturated rings. The molecule has 0 saturated heterocycles. The predicted octanol–water partition coefficient (Wildman–Crippen LogP) is 4.13. The number of carbonyl (C=O) groups is 3. The minimum Gasteiger partial charge on any atom is -0.481 e. The summed E-state index contributed by atoms with van der Waals surface area (Å²) < 4.78 is 0. The van der Waals surface area contributed by atoms with E-state index in [2.05, 4.69) is 0 Å². The van der Waals surface area contributed by atoms with Crippen LogP contribution >= 0.6 is 34.0 Å². The van der Waals surface area contributed by atoms with Crippen molar-refractivity contribution in [1.82, 2.24) is 0 Å². The van der Waals surface area contributed by atoms with E-state index in [1.807, 2.05) is 52.5 Å². The molecule has 0 spiro atoms. The largest absolute Gasteiger partial charge is 0.481 e. The molecule has 0 aliphatic carbocycles. The van der Waals surface area contributed by atoms with E-state index in [9.17, 15) is 14.4 Å². The zero-order valence-corrected chi connectivity index (χ0v) is 18.8. The fraction of sp³-hybridized carbons (Fsp3) is 0.167. The topological polar surface area (TPSA) is 112 Å². The summed E-state index contributed by atoms with van der Waals surface area (Å²) in [5, 5.41) is 30.5. The maximum atomic E-state index is 10.1. The van der Waals surface area contributed by atoms with Crippen molar-refractivity contribution in [2.75, 3.05) is 0 Å². The molecule has 0 amide bonds. The van der Waals surface area contributed by atoms with Crippen molar-refractivity contribution in [3.63, 3.8) is 0 Å². The second-order valence-electron chi connectivity index (χ2n) is 4.95. The minimum atomic E-state index is -0.766. The molecule has 3 N–H and O–H groups in total. The van der Waals surface area contributed by atoms with Gasteiger partial charge in [0.2, 0.25) is 0 Å². The summed E-state index contributed by atoms with van der Waals surface area (Å²) in [6.45, 7) is 0. The van der Waals surface area contributed by atoms with Crippen molar-refractivity contribution in [3.05, 3.63) is 67.2 Å². The van der Waals surface area contributed by atoms with Crippen molar-refractivity contribution in [2.24, 2.45) is 0 Å². The van der Waals surface area contributed by atoms with Crippen LogP contribution < -0.4 is 0 Å². The number of carboxylic acids is 3. The molecule has 0 saturated carbocycles. The average Bonchev–Trinajstić information content (AvgIpc) is 3.30. The quantitative estimate of drug-likeness (QED) is 0.372. The van der Waals surface area contributed by atoms with Gasteiger partial charge in [0.25, 0.3) is 0 Å². The molecule has 0 unspecified atom stereocenters. The normalized spacial score (nSPS) is 9.00. The van der Waals surface area contributed by atoms with Gasteiger partial charge in [0.15, 0.2) is 0 Å². The first kappa shape index (κ1) is 26.8. The smallest absolute Gasteiger partial charge is 0.308 e. The van der Waals surface area contributed by atoms with Crippen LogP contribution in [0.4, 0.5) is 0 Å². The van der Waals surface area contributed by atoms with Crippen LogP contribution in [-0.2, 0) is 33.6 Å². The summed E-state index contributed by atoms with van der Waals surface area (Å²) in [4.78, 5) is 32.9. The summed E-state index contributed by atoms with van der Waals surface area (Å²) in [5.74, 6) is -2.30. The SMILES string of the molecule is O=C(O)Cc1cccs1.O=C(O)Cc1cccs1.O=C(O)Cc1cccs1.[Ho]. The van der Waals surface area contributed by atoms with Crippen molar-refractivity contribution in [1.29, 1.82) is 0 Å². The molecular weight excluding hydrogens is 573 g/mol. The van der Waals surface area contributed by atoms with Crippen LogP contribution in [0.5, 0.6) is 0 Å². The van der Waals surface area contributed by atoms with Gasteiger partial charge in [0, 0.05) is 52.4 Å². The van der Waals surface area contributed by atoms with Crippen molar-refractivity contribution >= 4 is 51.9 Å². The molecule has 0 aliphatic heterocycles. The Kier molecular flexibility index (Phi) is 15.0. The predicted molar refractivity (Wildman–Crippen MR) is 107 cm³/mol. The second kappa shape index (κ2) is 15.7. The molecule has 10 heteroatoms. The van der Waals surface area contributed by atoms with E-state index in [0.29, 0.717) is 0 Å². The van der Waals surface area contributed by atoms with E-state index >= 15 is 0 Å². The number of hydrogen-bond donors (Lipinski definition) is 3. The van der Waals surface area contributed by atoms with Crippen LogP contribution in [0, 0.1) is 37.7 Å². The molecule has 155 valence electrons. The van der Waals surface area contributed by atoms with E-state index in [1.54, 1.807) is 0 Å². The van der Waals surface area contributed by atoms with Gasteiger partial charge in [0.1, 0.15) is 0 Å². The first-order chi connectivity index (χ1) is 12.9. The molecule has 0 aromatic carbocycles. The van der Waals surface area contributed by atoms with Gasteiger partial charge in [-0.3, -0.25) is 14.4 Å². The molecular formula is C18H18HoO6S3. The van der Waals surface area contributed by atoms with E-state index in [0.717, 1.165) is 14.6 Å². The maximum absolute atomic E-state index is 10.1. The molecule has 0 aliphatic rings. The summed E-state index contributed by atoms with van der Waals surface area (Å²) >= 11 is 4.41. The average molecular weight is 591 g/mol. The van der Waals surface area contributed by atoms with Gasteiger partial charge in [-0.05, 0) is 34.3 Å². The molecule has 28 heavy (non-hydrogen) atoms. The molecule has 3 rings (SSSR count). The minimum absolute atomic E-state index is 0. The van der Waals surface area contributed by atoms with E-state index < -0.39 is 17.9 Å². The molecule has 3 aromatic heterocycles. The third-order valence-electron chi connectivity index (χ3n) is 2.72. The zero-order valence-electron chi connectivity index (χ0n) is 14.4. The Hall–Kier alpha value is -1.23. The monoisotopic (exact) mass is 591 g/mol. The zero-order chi connectivity index (χ0) is 20.1. The van der Waals surface area contributed by atoms with Crippen molar-refractivity contribution < 1.29 is 67.4 Å². The van der Waals surface area contributed by atoms with Crippen molar-refractivity contribution in [2.45, 2.75) is 19.3 Å². The van der Waals surface area contributed by atoms with Gasteiger partial charge in [-0.2, -0.15) is 0 Å². The number of carboxylic acid groups (broad SMARTS) is 3. The number of rotatable bonds is 6. The fourth-order valence-electron chi connectivity index (χ4n) is 1.69. The Morgan fingerprint density at radius 2 is 0.857 bits per heavy atom. The summed E-state index contributed by atoms with van der Waals surface area (Å²) in [6, 6.07) is 11.0. The number of thiophene rings is 3. The van der Waals surface area contributed by atoms with Crippen LogP contribution in [-0.4, -0.2) is 33.2 Å². The van der Waals surface area contributed by atoms with E-state index in [4.69, 9.17) is 15.3 Å². The molecule has 0 bridgehead atoms. The van der Waals surface area contributed by atoms with Gasteiger partial charge in [-0.25, -0.2) is 0 Å².